The largest absolute Gasteiger partial charge is 0.411 e. The molecule has 0 amide bonds. The van der Waals surface area contributed by atoms with Crippen LogP contribution in [0.2, 0.25) is 0 Å². The average Bonchev–Trinajstić information content (AvgIpc) is 2.24. The van der Waals surface area contributed by atoms with Crippen molar-refractivity contribution in [2.24, 2.45) is 0 Å². The third-order valence-corrected chi connectivity index (χ3v) is 1.91. The predicted molar refractivity (Wildman–Crippen MR) is 59.1 cm³/mol. The molecule has 0 radical (unpaired) electrons. The van der Waals surface area contributed by atoms with Crippen LogP contribution in [-0.2, 0) is 18.9 Å². The van der Waals surface area contributed by atoms with Crippen LogP contribution in [0.15, 0.2) is 0 Å². The second-order valence-electron chi connectivity index (χ2n) is 3.40. The fourth-order valence-corrected chi connectivity index (χ4v) is 1.39. The van der Waals surface area contributed by atoms with E-state index >= 15 is 0 Å². The van der Waals surface area contributed by atoms with Crippen LogP contribution in [0, 0.1) is 0 Å². The highest BCUT2D eigenvalue weighted by Gasteiger charge is 2.33. The quantitative estimate of drug-likeness (QED) is 0.453. The topological polar surface area (TPSA) is 36.9 Å². The van der Waals surface area contributed by atoms with E-state index in [4.69, 9.17) is 14.2 Å². The number of ether oxygens (including phenoxy) is 4. The standard InChI is InChI=1S/C11H21F3O4/c1-4-16-11(17-5-2,18-6-3)7-8-15-9-10(12,13)14/h4-9H2,1-3H3. The number of hydrogen-bond acceptors (Lipinski definition) is 4. The second kappa shape index (κ2) is 8.68. The van der Waals surface area contributed by atoms with Crippen molar-refractivity contribution < 1.29 is 32.1 Å². The Hall–Kier alpha value is -0.370. The number of hydrogen-bond donors (Lipinski definition) is 0. The predicted octanol–water partition coefficient (Wildman–Crippen LogP) is 2.72. The van der Waals surface area contributed by atoms with Crippen LogP contribution < -0.4 is 0 Å². The minimum atomic E-state index is -4.33. The Bertz CT molecular complexity index is 192. The molecule has 0 atom stereocenters. The van der Waals surface area contributed by atoms with Crippen molar-refractivity contribution in [2.45, 2.75) is 39.3 Å². The van der Waals surface area contributed by atoms with Gasteiger partial charge in [-0.05, 0) is 20.8 Å². The fourth-order valence-electron chi connectivity index (χ4n) is 1.39. The summed E-state index contributed by atoms with van der Waals surface area (Å²) in [6, 6.07) is 0. The molecule has 0 N–H and O–H groups in total. The summed E-state index contributed by atoms with van der Waals surface area (Å²) in [5.41, 5.74) is 0. The highest BCUT2D eigenvalue weighted by atomic mass is 19.4. The molecule has 4 nitrogen and oxygen atoms in total. The van der Waals surface area contributed by atoms with E-state index in [1.807, 2.05) is 0 Å². The van der Waals surface area contributed by atoms with E-state index in [1.54, 1.807) is 20.8 Å². The van der Waals surface area contributed by atoms with E-state index in [0.29, 0.717) is 19.8 Å². The molecule has 0 fully saturated rings. The van der Waals surface area contributed by atoms with E-state index in [-0.39, 0.29) is 13.0 Å². The Kier molecular flexibility index (Phi) is 8.51. The van der Waals surface area contributed by atoms with Gasteiger partial charge in [0.25, 0.3) is 5.97 Å². The Morgan fingerprint density at radius 3 is 1.61 bits per heavy atom. The van der Waals surface area contributed by atoms with Gasteiger partial charge in [-0.1, -0.05) is 0 Å². The van der Waals surface area contributed by atoms with Crippen molar-refractivity contribution in [2.75, 3.05) is 33.0 Å². The van der Waals surface area contributed by atoms with Crippen molar-refractivity contribution in [3.8, 4) is 0 Å². The molecule has 0 rings (SSSR count). The average molecular weight is 274 g/mol. The summed E-state index contributed by atoms with van der Waals surface area (Å²) < 4.78 is 56.2. The molecule has 0 saturated heterocycles. The molecule has 0 aliphatic rings. The monoisotopic (exact) mass is 274 g/mol. The van der Waals surface area contributed by atoms with Gasteiger partial charge in [0, 0.05) is 19.8 Å². The fraction of sp³-hybridized carbons (Fsp3) is 1.00. The third kappa shape index (κ3) is 7.86. The third-order valence-electron chi connectivity index (χ3n) is 1.91. The first-order valence-electron chi connectivity index (χ1n) is 5.95. The lowest BCUT2D eigenvalue weighted by Crippen LogP contribution is -2.41. The van der Waals surface area contributed by atoms with Crippen molar-refractivity contribution in [3.05, 3.63) is 0 Å². The second-order valence-corrected chi connectivity index (χ2v) is 3.40. The molecule has 0 saturated carbocycles. The van der Waals surface area contributed by atoms with Crippen molar-refractivity contribution >= 4 is 0 Å². The molecule has 0 aromatic rings. The molecule has 0 unspecified atom stereocenters. The van der Waals surface area contributed by atoms with Gasteiger partial charge < -0.3 is 18.9 Å². The first kappa shape index (κ1) is 17.6. The van der Waals surface area contributed by atoms with E-state index in [0.717, 1.165) is 0 Å². The van der Waals surface area contributed by atoms with E-state index in [1.165, 1.54) is 0 Å². The Balaban J connectivity index is 4.21. The zero-order valence-corrected chi connectivity index (χ0v) is 11.0. The molecule has 0 aromatic heterocycles. The molecular formula is C11H21F3O4. The van der Waals surface area contributed by atoms with Crippen LogP contribution in [0.25, 0.3) is 0 Å². The minimum Gasteiger partial charge on any atom is -0.372 e. The number of rotatable bonds is 10. The van der Waals surface area contributed by atoms with Crippen LogP contribution in [0.3, 0.4) is 0 Å². The van der Waals surface area contributed by atoms with Gasteiger partial charge in [0.05, 0.1) is 13.0 Å². The minimum absolute atomic E-state index is 0.0819. The first-order chi connectivity index (χ1) is 8.39. The lowest BCUT2D eigenvalue weighted by molar-refractivity contribution is -0.382. The highest BCUT2D eigenvalue weighted by Crippen LogP contribution is 2.21. The molecule has 0 aliphatic carbocycles. The summed E-state index contributed by atoms with van der Waals surface area (Å²) in [5.74, 6) is -1.32. The van der Waals surface area contributed by atoms with Crippen LogP contribution >= 0.6 is 0 Å². The molecular weight excluding hydrogens is 253 g/mol. The zero-order valence-electron chi connectivity index (χ0n) is 11.0. The zero-order chi connectivity index (χ0) is 14.1. The molecule has 0 bridgehead atoms. The maximum atomic E-state index is 11.9. The van der Waals surface area contributed by atoms with Gasteiger partial charge in [-0.3, -0.25) is 0 Å². The Labute approximate surface area is 105 Å². The Morgan fingerprint density at radius 1 is 0.833 bits per heavy atom. The molecule has 0 aromatic carbocycles. The van der Waals surface area contributed by atoms with Gasteiger partial charge in [0.15, 0.2) is 0 Å². The molecule has 0 aliphatic heterocycles. The molecule has 110 valence electrons. The van der Waals surface area contributed by atoms with Gasteiger partial charge >= 0.3 is 6.18 Å². The maximum absolute atomic E-state index is 11.9. The van der Waals surface area contributed by atoms with Gasteiger partial charge in [0.1, 0.15) is 6.61 Å². The molecule has 7 heteroatoms. The number of halogens is 3. The van der Waals surface area contributed by atoms with Crippen LogP contribution in [0.5, 0.6) is 0 Å². The van der Waals surface area contributed by atoms with Crippen molar-refractivity contribution in [3.63, 3.8) is 0 Å². The lowest BCUT2D eigenvalue weighted by atomic mass is 10.3. The molecule has 0 heterocycles. The van der Waals surface area contributed by atoms with Crippen molar-refractivity contribution in [1.29, 1.82) is 0 Å². The van der Waals surface area contributed by atoms with E-state index in [9.17, 15) is 13.2 Å². The molecule has 18 heavy (non-hydrogen) atoms. The normalized spacial score (nSPS) is 13.0. The van der Waals surface area contributed by atoms with Gasteiger partial charge in [-0.15, -0.1) is 0 Å². The van der Waals surface area contributed by atoms with Crippen LogP contribution in [0.4, 0.5) is 13.2 Å². The lowest BCUT2D eigenvalue weighted by Gasteiger charge is -2.32. The van der Waals surface area contributed by atoms with E-state index in [2.05, 4.69) is 4.74 Å². The summed E-state index contributed by atoms with van der Waals surface area (Å²) in [7, 11) is 0. The van der Waals surface area contributed by atoms with Gasteiger partial charge in [-0.25, -0.2) is 0 Å². The first-order valence-corrected chi connectivity index (χ1v) is 5.95. The van der Waals surface area contributed by atoms with Crippen molar-refractivity contribution in [1.82, 2.24) is 0 Å². The number of alkyl halides is 3. The molecule has 0 spiro atoms. The van der Waals surface area contributed by atoms with Crippen LogP contribution in [-0.4, -0.2) is 45.2 Å². The highest BCUT2D eigenvalue weighted by molar-refractivity contribution is 4.58. The summed E-state index contributed by atoms with van der Waals surface area (Å²) in [5, 5.41) is 0. The summed E-state index contributed by atoms with van der Waals surface area (Å²) in [6.45, 7) is 4.82. The SMILES string of the molecule is CCOC(CCOCC(F)(F)F)(OCC)OCC. The van der Waals surface area contributed by atoms with Gasteiger partial charge in [-0.2, -0.15) is 13.2 Å². The maximum Gasteiger partial charge on any atom is 0.411 e. The smallest absolute Gasteiger partial charge is 0.372 e. The van der Waals surface area contributed by atoms with Crippen LogP contribution in [0.1, 0.15) is 27.2 Å². The Morgan fingerprint density at radius 2 is 1.28 bits per heavy atom. The summed E-state index contributed by atoms with van der Waals surface area (Å²) >= 11 is 0. The summed E-state index contributed by atoms with van der Waals surface area (Å²) in [6.07, 6.45) is -4.25. The summed E-state index contributed by atoms with van der Waals surface area (Å²) in [4.78, 5) is 0. The van der Waals surface area contributed by atoms with E-state index < -0.39 is 18.8 Å². The van der Waals surface area contributed by atoms with Gasteiger partial charge in [0.2, 0.25) is 0 Å².